The van der Waals surface area contributed by atoms with Gasteiger partial charge >= 0.3 is 11.8 Å². The van der Waals surface area contributed by atoms with Crippen molar-refractivity contribution in [3.8, 4) is 0 Å². The SMILES string of the molecule is O=C(O)N1C[C@H]2CCN(c3ccc([N+](=O)[O-])c(Nc4ccncc4)n3)C[C@H]21. The van der Waals surface area contributed by atoms with Gasteiger partial charge in [-0.15, -0.1) is 0 Å². The number of nitrogens with zero attached hydrogens (tertiary/aromatic N) is 5. The summed E-state index contributed by atoms with van der Waals surface area (Å²) in [5.41, 5.74) is 0.522. The molecule has 2 saturated heterocycles. The van der Waals surface area contributed by atoms with Gasteiger partial charge in [-0.2, -0.15) is 0 Å². The average Bonchev–Trinajstić information content (AvgIpc) is 2.63. The number of piperidine rings is 1. The zero-order valence-electron chi connectivity index (χ0n) is 14.4. The van der Waals surface area contributed by atoms with Gasteiger partial charge in [-0.1, -0.05) is 0 Å². The number of anilines is 3. The first-order chi connectivity index (χ1) is 13.0. The minimum absolute atomic E-state index is 0.0511. The van der Waals surface area contributed by atoms with E-state index >= 15 is 0 Å². The highest BCUT2D eigenvalue weighted by molar-refractivity contribution is 5.69. The van der Waals surface area contributed by atoms with Crippen molar-refractivity contribution in [2.75, 3.05) is 29.9 Å². The first-order valence-corrected chi connectivity index (χ1v) is 8.60. The van der Waals surface area contributed by atoms with Gasteiger partial charge in [-0.05, 0) is 24.6 Å². The maximum atomic E-state index is 11.3. The second-order valence-corrected chi connectivity index (χ2v) is 6.65. The summed E-state index contributed by atoms with van der Waals surface area (Å²) in [5.74, 6) is 1.12. The number of aromatic nitrogens is 2. The number of rotatable bonds is 4. The van der Waals surface area contributed by atoms with E-state index in [2.05, 4.69) is 15.3 Å². The summed E-state index contributed by atoms with van der Waals surface area (Å²) in [6.45, 7) is 1.86. The van der Waals surface area contributed by atoms with Gasteiger partial charge in [0.1, 0.15) is 5.82 Å². The van der Waals surface area contributed by atoms with Gasteiger partial charge in [-0.3, -0.25) is 15.1 Å². The molecular formula is C17H18N6O4. The normalized spacial score (nSPS) is 21.2. The van der Waals surface area contributed by atoms with E-state index < -0.39 is 11.0 Å². The second kappa shape index (κ2) is 6.71. The molecule has 2 N–H and O–H groups in total. The molecule has 0 aliphatic carbocycles. The molecule has 0 bridgehead atoms. The quantitative estimate of drug-likeness (QED) is 0.620. The van der Waals surface area contributed by atoms with Gasteiger partial charge in [0.15, 0.2) is 0 Å². The maximum absolute atomic E-state index is 11.3. The smallest absolute Gasteiger partial charge is 0.407 e. The largest absolute Gasteiger partial charge is 0.465 e. The van der Waals surface area contributed by atoms with Crippen LogP contribution in [0.5, 0.6) is 0 Å². The lowest BCUT2D eigenvalue weighted by Gasteiger charge is -2.52. The number of pyridine rings is 2. The lowest BCUT2D eigenvalue weighted by Crippen LogP contribution is -2.65. The Hall–Kier alpha value is -3.43. The van der Waals surface area contributed by atoms with Crippen molar-refractivity contribution in [2.45, 2.75) is 12.5 Å². The van der Waals surface area contributed by atoms with Crippen molar-refractivity contribution in [2.24, 2.45) is 5.92 Å². The zero-order valence-corrected chi connectivity index (χ0v) is 14.4. The minimum Gasteiger partial charge on any atom is -0.465 e. The molecule has 2 aromatic rings. The van der Waals surface area contributed by atoms with Crippen LogP contribution in [0.25, 0.3) is 0 Å². The van der Waals surface area contributed by atoms with Crippen LogP contribution in [-0.2, 0) is 0 Å². The number of fused-ring (bicyclic) bond motifs is 1. The predicted octanol–water partition coefficient (Wildman–Crippen LogP) is 2.32. The number of carboxylic acid groups (broad SMARTS) is 1. The molecule has 10 nitrogen and oxygen atoms in total. The molecule has 0 unspecified atom stereocenters. The number of hydrogen-bond donors (Lipinski definition) is 2. The molecule has 2 aromatic heterocycles. The summed E-state index contributed by atoms with van der Waals surface area (Å²) in [5, 5.41) is 23.6. The highest BCUT2D eigenvalue weighted by Gasteiger charge is 2.45. The molecule has 10 heteroatoms. The number of carbonyl (C=O) groups is 1. The summed E-state index contributed by atoms with van der Waals surface area (Å²) in [4.78, 5) is 33.9. The van der Waals surface area contributed by atoms with Crippen LogP contribution in [0.2, 0.25) is 0 Å². The number of likely N-dealkylation sites (tertiary alicyclic amines) is 1. The third kappa shape index (κ3) is 3.21. The zero-order chi connectivity index (χ0) is 19.0. The number of hydrogen-bond acceptors (Lipinski definition) is 7. The van der Waals surface area contributed by atoms with E-state index in [4.69, 9.17) is 0 Å². The van der Waals surface area contributed by atoms with Gasteiger partial charge in [0.05, 0.1) is 11.0 Å². The Kier molecular flexibility index (Phi) is 4.22. The van der Waals surface area contributed by atoms with Crippen LogP contribution in [0.1, 0.15) is 6.42 Å². The number of nitrogens with one attached hydrogen (secondary N) is 1. The van der Waals surface area contributed by atoms with Crippen LogP contribution < -0.4 is 10.2 Å². The highest BCUT2D eigenvalue weighted by Crippen LogP contribution is 2.35. The van der Waals surface area contributed by atoms with Crippen molar-refractivity contribution < 1.29 is 14.8 Å². The van der Waals surface area contributed by atoms with Gasteiger partial charge in [-0.25, -0.2) is 9.78 Å². The standard InChI is InChI=1S/C17H18N6O4/c24-17(25)22-9-11-5-8-21(10-14(11)22)15-2-1-13(23(26)27)16(20-15)19-12-3-6-18-7-4-12/h1-4,6-7,11,14H,5,8-10H2,(H,24,25)(H,18,19,20)/t11-,14-/m1/s1. The molecule has 0 spiro atoms. The average molecular weight is 370 g/mol. The van der Waals surface area contributed by atoms with E-state index in [1.165, 1.54) is 11.0 Å². The fourth-order valence-corrected chi connectivity index (χ4v) is 3.65. The van der Waals surface area contributed by atoms with Gasteiger partial charge < -0.3 is 20.2 Å². The van der Waals surface area contributed by atoms with Crippen molar-refractivity contribution in [1.29, 1.82) is 0 Å². The van der Waals surface area contributed by atoms with Crippen molar-refractivity contribution in [3.63, 3.8) is 0 Å². The Morgan fingerprint density at radius 1 is 1.26 bits per heavy atom. The third-order valence-electron chi connectivity index (χ3n) is 5.12. The minimum atomic E-state index is -0.908. The number of amides is 1. The van der Waals surface area contributed by atoms with Gasteiger partial charge in [0.25, 0.3) is 0 Å². The molecular weight excluding hydrogens is 352 g/mol. The molecule has 27 heavy (non-hydrogen) atoms. The van der Waals surface area contributed by atoms with Crippen LogP contribution in [0.4, 0.5) is 27.8 Å². The maximum Gasteiger partial charge on any atom is 0.407 e. The molecule has 0 saturated carbocycles. The van der Waals surface area contributed by atoms with Crippen LogP contribution >= 0.6 is 0 Å². The second-order valence-electron chi connectivity index (χ2n) is 6.65. The Bertz CT molecular complexity index is 877. The van der Waals surface area contributed by atoms with E-state index in [9.17, 15) is 20.0 Å². The third-order valence-corrected chi connectivity index (χ3v) is 5.12. The predicted molar refractivity (Wildman–Crippen MR) is 97.2 cm³/mol. The van der Waals surface area contributed by atoms with Crippen molar-refractivity contribution in [3.05, 3.63) is 46.8 Å². The molecule has 140 valence electrons. The molecule has 4 heterocycles. The molecule has 4 rings (SSSR count). The van der Waals surface area contributed by atoms with Gasteiger partial charge in [0.2, 0.25) is 5.82 Å². The van der Waals surface area contributed by atoms with E-state index in [1.807, 2.05) is 4.90 Å². The van der Waals surface area contributed by atoms with Crippen LogP contribution in [-0.4, -0.2) is 56.7 Å². The Balaban J connectivity index is 1.59. The Morgan fingerprint density at radius 2 is 2.04 bits per heavy atom. The fourth-order valence-electron chi connectivity index (χ4n) is 3.65. The van der Waals surface area contributed by atoms with Crippen molar-refractivity contribution >= 4 is 29.1 Å². The first kappa shape index (κ1) is 17.0. The summed E-state index contributed by atoms with van der Waals surface area (Å²) in [6.07, 6.45) is 3.13. The van der Waals surface area contributed by atoms with Crippen molar-refractivity contribution in [1.82, 2.24) is 14.9 Å². The molecule has 2 aliphatic rings. The summed E-state index contributed by atoms with van der Waals surface area (Å²) in [6, 6.07) is 6.38. The molecule has 1 amide bonds. The van der Waals surface area contributed by atoms with Crippen LogP contribution in [0.3, 0.4) is 0 Å². The molecule has 2 atom stereocenters. The van der Waals surface area contributed by atoms with Crippen LogP contribution in [0, 0.1) is 16.0 Å². The van der Waals surface area contributed by atoms with Gasteiger partial charge in [0, 0.05) is 49.7 Å². The molecule has 0 aromatic carbocycles. The summed E-state index contributed by atoms with van der Waals surface area (Å²) >= 11 is 0. The summed E-state index contributed by atoms with van der Waals surface area (Å²) < 4.78 is 0. The Labute approximate surface area is 154 Å². The highest BCUT2D eigenvalue weighted by atomic mass is 16.6. The molecule has 2 fully saturated rings. The van der Waals surface area contributed by atoms with Crippen LogP contribution in [0.15, 0.2) is 36.7 Å². The van der Waals surface area contributed by atoms with E-state index in [1.54, 1.807) is 30.6 Å². The fraction of sp³-hybridized carbons (Fsp3) is 0.353. The Morgan fingerprint density at radius 3 is 2.74 bits per heavy atom. The lowest BCUT2D eigenvalue weighted by atomic mass is 9.82. The molecule has 2 aliphatic heterocycles. The first-order valence-electron chi connectivity index (χ1n) is 8.60. The summed E-state index contributed by atoms with van der Waals surface area (Å²) in [7, 11) is 0. The monoisotopic (exact) mass is 370 g/mol. The van der Waals surface area contributed by atoms with E-state index in [-0.39, 0.29) is 17.5 Å². The molecule has 0 radical (unpaired) electrons. The van der Waals surface area contributed by atoms with E-state index in [0.29, 0.717) is 30.5 Å². The topological polar surface area (TPSA) is 125 Å². The van der Waals surface area contributed by atoms with E-state index in [0.717, 1.165) is 13.0 Å². The lowest BCUT2D eigenvalue weighted by molar-refractivity contribution is -0.384. The number of nitro groups is 1.